The molecule has 3 rings (SSSR count). The third-order valence-corrected chi connectivity index (χ3v) is 5.78. The minimum Gasteiger partial charge on any atom is -0.356 e. The highest BCUT2D eigenvalue weighted by atomic mass is 32.2. The van der Waals surface area contributed by atoms with E-state index in [1.54, 1.807) is 25.4 Å². The average molecular weight is 403 g/mol. The van der Waals surface area contributed by atoms with Crippen molar-refractivity contribution in [2.75, 3.05) is 25.0 Å². The Hall–Kier alpha value is -2.19. The predicted octanol–water partition coefficient (Wildman–Crippen LogP) is 3.15. The van der Waals surface area contributed by atoms with Gasteiger partial charge in [-0.1, -0.05) is 43.9 Å². The summed E-state index contributed by atoms with van der Waals surface area (Å²) in [5.74, 6) is 0.433. The van der Waals surface area contributed by atoms with Crippen LogP contribution in [0.1, 0.15) is 32.3 Å². The lowest BCUT2D eigenvalue weighted by molar-refractivity contribution is -0.121. The Morgan fingerprint density at radius 3 is 2.52 bits per heavy atom. The Balaban J connectivity index is 2.24. The Kier molecular flexibility index (Phi) is 5.96. The number of carbonyl (C=O) groups excluding carboxylic acids is 1. The Morgan fingerprint density at radius 1 is 1.22 bits per heavy atom. The summed E-state index contributed by atoms with van der Waals surface area (Å²) >= 11 is 6.42. The van der Waals surface area contributed by atoms with Crippen molar-refractivity contribution in [2.45, 2.75) is 26.7 Å². The number of hydrogen-bond donors (Lipinski definition) is 0. The van der Waals surface area contributed by atoms with E-state index in [9.17, 15) is 9.59 Å². The fourth-order valence-corrected chi connectivity index (χ4v) is 4.16. The number of hydrogen-bond acceptors (Lipinski definition) is 6. The van der Waals surface area contributed by atoms with Crippen LogP contribution in [0.3, 0.4) is 0 Å². The van der Waals surface area contributed by atoms with Crippen LogP contribution in [0.4, 0.5) is 5.82 Å². The summed E-state index contributed by atoms with van der Waals surface area (Å²) in [4.78, 5) is 34.4. The van der Waals surface area contributed by atoms with Gasteiger partial charge in [0.15, 0.2) is 0 Å². The Morgan fingerprint density at radius 2 is 1.93 bits per heavy atom. The molecule has 1 aliphatic heterocycles. The van der Waals surface area contributed by atoms with Gasteiger partial charge in [0, 0.05) is 26.3 Å². The molecule has 0 spiro atoms. The van der Waals surface area contributed by atoms with Gasteiger partial charge in [0.25, 0.3) is 11.5 Å². The van der Waals surface area contributed by atoms with Crippen LogP contribution in [0.5, 0.6) is 0 Å². The van der Waals surface area contributed by atoms with Crippen LogP contribution in [0.15, 0.2) is 34.1 Å². The van der Waals surface area contributed by atoms with E-state index in [-0.39, 0.29) is 11.5 Å². The van der Waals surface area contributed by atoms with E-state index < -0.39 is 0 Å². The molecule has 0 saturated carbocycles. The molecular formula is C19H22N4O2S2. The largest absolute Gasteiger partial charge is 0.356 e. The molecule has 1 aliphatic rings. The number of aromatic nitrogens is 2. The predicted molar refractivity (Wildman–Crippen MR) is 115 cm³/mol. The van der Waals surface area contributed by atoms with Crippen molar-refractivity contribution in [3.8, 4) is 0 Å². The van der Waals surface area contributed by atoms with E-state index in [0.717, 1.165) is 25.9 Å². The number of rotatable bonds is 6. The van der Waals surface area contributed by atoms with Crippen molar-refractivity contribution in [1.29, 1.82) is 0 Å². The number of carbonyl (C=O) groups is 1. The van der Waals surface area contributed by atoms with E-state index >= 15 is 0 Å². The molecule has 0 aliphatic carbocycles. The summed E-state index contributed by atoms with van der Waals surface area (Å²) in [6.45, 7) is 5.77. The molecule has 0 N–H and O–H groups in total. The van der Waals surface area contributed by atoms with Gasteiger partial charge >= 0.3 is 0 Å². The van der Waals surface area contributed by atoms with E-state index in [4.69, 9.17) is 17.2 Å². The number of likely N-dealkylation sites (N-methyl/N-ethyl adjacent to an activating group) is 1. The first-order chi connectivity index (χ1) is 13.0. The number of thiocarbonyl (C=S) groups is 1. The number of amides is 1. The lowest BCUT2D eigenvalue weighted by atomic mass is 10.2. The molecule has 0 aromatic carbocycles. The molecular weight excluding hydrogens is 380 g/mol. The molecule has 142 valence electrons. The number of fused-ring (bicyclic) bond motifs is 1. The number of pyridine rings is 1. The zero-order chi connectivity index (χ0) is 19.6. The number of thioether (sulfide) groups is 1. The number of nitrogens with zero attached hydrogens (tertiary/aromatic N) is 4. The summed E-state index contributed by atoms with van der Waals surface area (Å²) in [7, 11) is 1.64. The molecule has 2 aromatic rings. The fraction of sp³-hybridized carbons (Fsp3) is 0.368. The van der Waals surface area contributed by atoms with Gasteiger partial charge in [-0.15, -0.1) is 0 Å². The molecule has 1 amide bonds. The van der Waals surface area contributed by atoms with E-state index in [0.29, 0.717) is 26.3 Å². The second kappa shape index (κ2) is 8.22. The van der Waals surface area contributed by atoms with Crippen molar-refractivity contribution >= 4 is 51.7 Å². The van der Waals surface area contributed by atoms with Gasteiger partial charge < -0.3 is 4.90 Å². The molecule has 0 radical (unpaired) electrons. The zero-order valence-corrected chi connectivity index (χ0v) is 17.3. The van der Waals surface area contributed by atoms with Gasteiger partial charge in [-0.2, -0.15) is 0 Å². The SMILES string of the molecule is CCCN(CCC)c1nc2ccccn2c(=O)c1/C=C1\SC(=S)N(C)C1=O. The standard InChI is InChI=1S/C19H22N4O2S2/c1-4-9-22(10-5-2)16-13(12-14-18(25)21(3)19(26)27-14)17(24)23-11-7-6-8-15(23)20-16/h6-8,11-12H,4-5,9-10H2,1-3H3/b14-12-. The minimum atomic E-state index is -0.189. The molecule has 0 unspecified atom stereocenters. The third kappa shape index (κ3) is 3.77. The summed E-state index contributed by atoms with van der Waals surface area (Å²) in [5.41, 5.74) is 0.832. The molecule has 1 saturated heterocycles. The number of anilines is 1. The molecule has 3 heterocycles. The highest BCUT2D eigenvalue weighted by Crippen LogP contribution is 2.32. The van der Waals surface area contributed by atoms with Crippen molar-refractivity contribution in [2.24, 2.45) is 0 Å². The van der Waals surface area contributed by atoms with Gasteiger partial charge in [0.1, 0.15) is 15.8 Å². The first kappa shape index (κ1) is 19.6. The smallest absolute Gasteiger partial charge is 0.267 e. The maximum Gasteiger partial charge on any atom is 0.267 e. The Bertz CT molecular complexity index is 977. The van der Waals surface area contributed by atoms with Crippen LogP contribution in [-0.2, 0) is 4.79 Å². The molecule has 27 heavy (non-hydrogen) atoms. The van der Waals surface area contributed by atoms with Gasteiger partial charge in [0.05, 0.1) is 10.5 Å². The Labute approximate surface area is 167 Å². The zero-order valence-electron chi connectivity index (χ0n) is 15.6. The van der Waals surface area contributed by atoms with Gasteiger partial charge in [0.2, 0.25) is 0 Å². The maximum absolute atomic E-state index is 13.2. The van der Waals surface area contributed by atoms with Crippen LogP contribution in [0, 0.1) is 0 Å². The van der Waals surface area contributed by atoms with Crippen LogP contribution in [0.2, 0.25) is 0 Å². The second-order valence-corrected chi connectivity index (χ2v) is 7.99. The van der Waals surface area contributed by atoms with E-state index in [1.807, 2.05) is 12.1 Å². The van der Waals surface area contributed by atoms with Gasteiger partial charge in [-0.05, 0) is 31.1 Å². The maximum atomic E-state index is 13.2. The summed E-state index contributed by atoms with van der Waals surface area (Å²) in [6.07, 6.45) is 5.21. The monoisotopic (exact) mass is 402 g/mol. The lowest BCUT2D eigenvalue weighted by Gasteiger charge is -2.24. The van der Waals surface area contributed by atoms with Crippen molar-refractivity contribution in [3.05, 3.63) is 45.2 Å². The molecule has 8 heteroatoms. The molecule has 0 bridgehead atoms. The lowest BCUT2D eigenvalue weighted by Crippen LogP contribution is -2.31. The fourth-order valence-electron chi connectivity index (χ4n) is 3.00. The van der Waals surface area contributed by atoms with Crippen LogP contribution < -0.4 is 10.5 Å². The van der Waals surface area contributed by atoms with Crippen LogP contribution >= 0.6 is 24.0 Å². The summed E-state index contributed by atoms with van der Waals surface area (Å²) < 4.78 is 2.00. The van der Waals surface area contributed by atoms with Gasteiger partial charge in [-0.3, -0.25) is 18.9 Å². The van der Waals surface area contributed by atoms with Crippen molar-refractivity contribution in [3.63, 3.8) is 0 Å². The van der Waals surface area contributed by atoms with Crippen LogP contribution in [-0.4, -0.2) is 44.6 Å². The molecule has 6 nitrogen and oxygen atoms in total. The topological polar surface area (TPSA) is 57.9 Å². The summed E-state index contributed by atoms with van der Waals surface area (Å²) in [6, 6.07) is 5.47. The minimum absolute atomic E-state index is 0.186. The van der Waals surface area contributed by atoms with Gasteiger partial charge in [-0.25, -0.2) is 4.98 Å². The highest BCUT2D eigenvalue weighted by molar-refractivity contribution is 8.26. The molecule has 1 fully saturated rings. The van der Waals surface area contributed by atoms with E-state index in [1.165, 1.54) is 21.1 Å². The van der Waals surface area contributed by atoms with E-state index in [2.05, 4.69) is 18.7 Å². The molecule has 2 aromatic heterocycles. The highest BCUT2D eigenvalue weighted by Gasteiger charge is 2.30. The van der Waals surface area contributed by atoms with Crippen molar-refractivity contribution < 1.29 is 4.79 Å². The normalized spacial score (nSPS) is 16.0. The quantitative estimate of drug-likeness (QED) is 0.546. The average Bonchev–Trinajstić information content (AvgIpc) is 2.90. The first-order valence-corrected chi connectivity index (χ1v) is 10.2. The third-order valence-electron chi connectivity index (χ3n) is 4.30. The first-order valence-electron chi connectivity index (χ1n) is 8.95. The molecule has 0 atom stereocenters. The summed E-state index contributed by atoms with van der Waals surface area (Å²) in [5, 5.41) is 0. The second-order valence-electron chi connectivity index (χ2n) is 6.31. The van der Waals surface area contributed by atoms with Crippen LogP contribution in [0.25, 0.3) is 11.7 Å². The van der Waals surface area contributed by atoms with Crippen molar-refractivity contribution in [1.82, 2.24) is 14.3 Å².